The Morgan fingerprint density at radius 2 is 1.87 bits per heavy atom. The largest absolute Gasteiger partial charge is 0.346 e. The lowest BCUT2D eigenvalue weighted by Gasteiger charge is -2.14. The Labute approximate surface area is 134 Å². The maximum absolute atomic E-state index is 13.2. The number of carbonyl (C=O) groups is 2. The Balaban J connectivity index is 2.03. The molecule has 2 aromatic carbocycles. The van der Waals surface area contributed by atoms with E-state index in [4.69, 9.17) is 0 Å². The van der Waals surface area contributed by atoms with Crippen LogP contribution in [0.5, 0.6) is 0 Å². The standard InChI is InChI=1S/C18H17FN2O2/c1-3-17(22)21-16-9-7-13(8-10-16)18(23)20-12(2)14-5-4-6-15(19)11-14/h3-12H,1H2,2H3,(H,20,23)(H,21,22). The number of hydrogen-bond donors (Lipinski definition) is 2. The second-order valence-electron chi connectivity index (χ2n) is 5.02. The summed E-state index contributed by atoms with van der Waals surface area (Å²) in [5, 5.41) is 5.40. The van der Waals surface area contributed by atoms with Crippen LogP contribution < -0.4 is 10.6 Å². The van der Waals surface area contributed by atoms with Gasteiger partial charge in [0.25, 0.3) is 5.91 Å². The zero-order valence-corrected chi connectivity index (χ0v) is 12.7. The first-order valence-corrected chi connectivity index (χ1v) is 7.09. The van der Waals surface area contributed by atoms with Crippen molar-refractivity contribution in [3.8, 4) is 0 Å². The van der Waals surface area contributed by atoms with Gasteiger partial charge in [0.1, 0.15) is 5.82 Å². The number of hydrogen-bond acceptors (Lipinski definition) is 2. The Hall–Kier alpha value is -2.95. The molecule has 0 saturated heterocycles. The highest BCUT2D eigenvalue weighted by molar-refractivity contribution is 5.99. The van der Waals surface area contributed by atoms with E-state index in [2.05, 4.69) is 17.2 Å². The van der Waals surface area contributed by atoms with E-state index >= 15 is 0 Å². The van der Waals surface area contributed by atoms with Crippen molar-refractivity contribution in [1.82, 2.24) is 5.32 Å². The molecule has 2 amide bonds. The van der Waals surface area contributed by atoms with Gasteiger partial charge in [-0.25, -0.2) is 4.39 Å². The Bertz CT molecular complexity index is 726. The van der Waals surface area contributed by atoms with Crippen molar-refractivity contribution in [3.63, 3.8) is 0 Å². The summed E-state index contributed by atoms with van der Waals surface area (Å²) in [4.78, 5) is 23.4. The molecule has 2 aromatic rings. The molecule has 1 atom stereocenters. The fourth-order valence-corrected chi connectivity index (χ4v) is 2.04. The SMILES string of the molecule is C=CC(=O)Nc1ccc(C(=O)NC(C)c2cccc(F)c2)cc1. The number of carbonyl (C=O) groups excluding carboxylic acids is 2. The molecule has 2 rings (SSSR count). The second-order valence-corrected chi connectivity index (χ2v) is 5.02. The van der Waals surface area contributed by atoms with Crippen LogP contribution in [0.25, 0.3) is 0 Å². The molecule has 0 aromatic heterocycles. The maximum Gasteiger partial charge on any atom is 0.251 e. The zero-order chi connectivity index (χ0) is 16.8. The minimum atomic E-state index is -0.342. The van der Waals surface area contributed by atoms with Gasteiger partial charge in [-0.1, -0.05) is 18.7 Å². The molecule has 23 heavy (non-hydrogen) atoms. The molecule has 2 N–H and O–H groups in total. The van der Waals surface area contributed by atoms with Crippen LogP contribution in [0.3, 0.4) is 0 Å². The van der Waals surface area contributed by atoms with Crippen molar-refractivity contribution >= 4 is 17.5 Å². The summed E-state index contributed by atoms with van der Waals surface area (Å²) in [7, 11) is 0. The average molecular weight is 312 g/mol. The van der Waals surface area contributed by atoms with Crippen LogP contribution in [-0.4, -0.2) is 11.8 Å². The van der Waals surface area contributed by atoms with Crippen molar-refractivity contribution in [2.45, 2.75) is 13.0 Å². The first kappa shape index (κ1) is 16.4. The molecule has 5 heteroatoms. The van der Waals surface area contributed by atoms with Crippen LogP contribution in [0.15, 0.2) is 61.2 Å². The van der Waals surface area contributed by atoms with Gasteiger partial charge in [0, 0.05) is 11.3 Å². The fraction of sp³-hybridized carbons (Fsp3) is 0.111. The lowest BCUT2D eigenvalue weighted by molar-refractivity contribution is -0.111. The van der Waals surface area contributed by atoms with Gasteiger partial charge in [0.2, 0.25) is 5.91 Å². The second kappa shape index (κ2) is 7.35. The van der Waals surface area contributed by atoms with E-state index in [1.165, 1.54) is 18.2 Å². The molecule has 1 unspecified atom stereocenters. The minimum absolute atomic E-state index is 0.275. The Morgan fingerprint density at radius 1 is 1.17 bits per heavy atom. The summed E-state index contributed by atoms with van der Waals surface area (Å²) >= 11 is 0. The fourth-order valence-electron chi connectivity index (χ4n) is 2.04. The zero-order valence-electron chi connectivity index (χ0n) is 12.7. The molecule has 0 spiro atoms. The number of benzene rings is 2. The quantitative estimate of drug-likeness (QED) is 0.831. The molecular formula is C18H17FN2O2. The highest BCUT2D eigenvalue weighted by Crippen LogP contribution is 2.15. The van der Waals surface area contributed by atoms with Crippen molar-refractivity contribution < 1.29 is 14.0 Å². The monoisotopic (exact) mass is 312 g/mol. The number of anilines is 1. The van der Waals surface area contributed by atoms with Crippen molar-refractivity contribution in [2.75, 3.05) is 5.32 Å². The van der Waals surface area contributed by atoms with Crippen LogP contribution >= 0.6 is 0 Å². The molecule has 0 aliphatic heterocycles. The van der Waals surface area contributed by atoms with Gasteiger partial charge in [-0.3, -0.25) is 9.59 Å². The lowest BCUT2D eigenvalue weighted by atomic mass is 10.1. The molecule has 0 fully saturated rings. The van der Waals surface area contributed by atoms with E-state index in [9.17, 15) is 14.0 Å². The molecular weight excluding hydrogens is 295 g/mol. The predicted molar refractivity (Wildman–Crippen MR) is 87.5 cm³/mol. The van der Waals surface area contributed by atoms with E-state index in [0.717, 1.165) is 0 Å². The average Bonchev–Trinajstić information content (AvgIpc) is 2.55. The molecule has 0 saturated carbocycles. The molecule has 0 heterocycles. The van der Waals surface area contributed by atoms with Crippen molar-refractivity contribution in [3.05, 3.63) is 78.1 Å². The summed E-state index contributed by atoms with van der Waals surface area (Å²) in [6.07, 6.45) is 1.17. The van der Waals surface area contributed by atoms with Crippen LogP contribution in [0.1, 0.15) is 28.9 Å². The van der Waals surface area contributed by atoms with E-state index < -0.39 is 0 Å². The summed E-state index contributed by atoms with van der Waals surface area (Å²) in [5.74, 6) is -0.934. The van der Waals surface area contributed by atoms with E-state index in [1.807, 2.05) is 0 Å². The van der Waals surface area contributed by atoms with Crippen LogP contribution in [0.4, 0.5) is 10.1 Å². The van der Waals surface area contributed by atoms with E-state index in [1.54, 1.807) is 43.3 Å². The molecule has 0 aliphatic rings. The van der Waals surface area contributed by atoms with Gasteiger partial charge < -0.3 is 10.6 Å². The highest BCUT2D eigenvalue weighted by atomic mass is 19.1. The Kier molecular flexibility index (Phi) is 5.25. The predicted octanol–water partition coefficient (Wildman–Crippen LogP) is 3.44. The summed E-state index contributed by atoms with van der Waals surface area (Å²) in [6.45, 7) is 5.15. The van der Waals surface area contributed by atoms with Crippen LogP contribution in [0.2, 0.25) is 0 Å². The van der Waals surface area contributed by atoms with Gasteiger partial charge in [0.15, 0.2) is 0 Å². The van der Waals surface area contributed by atoms with Gasteiger partial charge in [-0.2, -0.15) is 0 Å². The van der Waals surface area contributed by atoms with E-state index in [-0.39, 0.29) is 23.7 Å². The van der Waals surface area contributed by atoms with Crippen LogP contribution in [-0.2, 0) is 4.79 Å². The maximum atomic E-state index is 13.2. The lowest BCUT2D eigenvalue weighted by Crippen LogP contribution is -2.26. The third-order valence-electron chi connectivity index (χ3n) is 3.30. The van der Waals surface area contributed by atoms with Gasteiger partial charge in [-0.15, -0.1) is 0 Å². The van der Waals surface area contributed by atoms with Crippen molar-refractivity contribution in [1.29, 1.82) is 0 Å². The summed E-state index contributed by atoms with van der Waals surface area (Å²) in [6, 6.07) is 12.2. The third kappa shape index (κ3) is 4.51. The molecule has 118 valence electrons. The minimum Gasteiger partial charge on any atom is -0.346 e. The number of rotatable bonds is 5. The van der Waals surface area contributed by atoms with Crippen molar-refractivity contribution in [2.24, 2.45) is 0 Å². The summed E-state index contributed by atoms with van der Waals surface area (Å²) < 4.78 is 13.2. The van der Waals surface area contributed by atoms with Gasteiger partial charge in [-0.05, 0) is 55.0 Å². The topological polar surface area (TPSA) is 58.2 Å². The molecule has 0 aliphatic carbocycles. The number of amides is 2. The summed E-state index contributed by atoms with van der Waals surface area (Å²) in [5.41, 5.74) is 1.71. The first-order chi connectivity index (χ1) is 11.0. The van der Waals surface area contributed by atoms with Crippen LogP contribution in [0, 0.1) is 5.82 Å². The molecule has 0 bridgehead atoms. The van der Waals surface area contributed by atoms with Gasteiger partial charge in [0.05, 0.1) is 6.04 Å². The smallest absolute Gasteiger partial charge is 0.251 e. The van der Waals surface area contributed by atoms with E-state index in [0.29, 0.717) is 16.8 Å². The highest BCUT2D eigenvalue weighted by Gasteiger charge is 2.12. The van der Waals surface area contributed by atoms with Gasteiger partial charge >= 0.3 is 0 Å². The third-order valence-corrected chi connectivity index (χ3v) is 3.30. The number of halogens is 1. The molecule has 0 radical (unpaired) electrons. The normalized spacial score (nSPS) is 11.4. The number of nitrogens with one attached hydrogen (secondary N) is 2. The Morgan fingerprint density at radius 3 is 2.48 bits per heavy atom. The first-order valence-electron chi connectivity index (χ1n) is 7.09. The molecule has 4 nitrogen and oxygen atoms in total.